The number of amides is 1. The maximum absolute atomic E-state index is 12.8. The van der Waals surface area contributed by atoms with E-state index in [-0.39, 0.29) is 28.8 Å². The van der Waals surface area contributed by atoms with Gasteiger partial charge in [0.15, 0.2) is 11.5 Å². The zero-order chi connectivity index (χ0) is 23.3. The van der Waals surface area contributed by atoms with E-state index >= 15 is 0 Å². The summed E-state index contributed by atoms with van der Waals surface area (Å²) in [6.45, 7) is 1.59. The first-order chi connectivity index (χ1) is 15.2. The lowest BCUT2D eigenvalue weighted by Gasteiger charge is -2.33. The zero-order valence-electron chi connectivity index (χ0n) is 17.2. The maximum atomic E-state index is 12.8. The molecule has 172 valence electrons. The predicted molar refractivity (Wildman–Crippen MR) is 127 cm³/mol. The molecule has 0 bridgehead atoms. The van der Waals surface area contributed by atoms with Crippen LogP contribution in [0.2, 0.25) is 0 Å². The Balaban J connectivity index is 1.50. The molecule has 12 heteroatoms. The Morgan fingerprint density at radius 3 is 2.47 bits per heavy atom. The highest BCUT2D eigenvalue weighted by Crippen LogP contribution is 2.34. The fourth-order valence-electron chi connectivity index (χ4n) is 3.12. The highest BCUT2D eigenvalue weighted by Gasteiger charge is 2.29. The zero-order valence-corrected chi connectivity index (χ0v) is 21.2. The van der Waals surface area contributed by atoms with Gasteiger partial charge in [-0.15, -0.1) is 0 Å². The number of hydrogen-bond donors (Lipinski definition) is 2. The van der Waals surface area contributed by atoms with Crippen LogP contribution in [0, 0.1) is 0 Å². The van der Waals surface area contributed by atoms with Crippen molar-refractivity contribution in [1.29, 1.82) is 0 Å². The number of phenols is 1. The van der Waals surface area contributed by atoms with Crippen molar-refractivity contribution in [3.8, 4) is 11.5 Å². The van der Waals surface area contributed by atoms with Gasteiger partial charge in [0.05, 0.1) is 29.2 Å². The minimum atomic E-state index is -3.56. The molecule has 1 aliphatic rings. The van der Waals surface area contributed by atoms with Crippen LogP contribution in [0.3, 0.4) is 0 Å². The van der Waals surface area contributed by atoms with Gasteiger partial charge in [0.1, 0.15) is 0 Å². The molecule has 3 rings (SSSR count). The Morgan fingerprint density at radius 2 is 1.84 bits per heavy atom. The molecule has 0 saturated carbocycles. The summed E-state index contributed by atoms with van der Waals surface area (Å²) < 4.78 is 33.3. The molecule has 1 aliphatic heterocycles. The van der Waals surface area contributed by atoms with Crippen LogP contribution in [0.5, 0.6) is 11.5 Å². The van der Waals surface area contributed by atoms with Gasteiger partial charge >= 0.3 is 0 Å². The minimum absolute atomic E-state index is 0.0185. The van der Waals surface area contributed by atoms with Gasteiger partial charge in [0.25, 0.3) is 5.91 Å². The first kappa shape index (κ1) is 24.6. The van der Waals surface area contributed by atoms with E-state index in [1.165, 1.54) is 17.6 Å². The molecular weight excluding hydrogens is 568 g/mol. The molecule has 1 amide bonds. The van der Waals surface area contributed by atoms with Crippen molar-refractivity contribution in [2.24, 2.45) is 5.10 Å². The molecule has 1 heterocycles. The Bertz CT molecular complexity index is 1100. The van der Waals surface area contributed by atoms with Crippen molar-refractivity contribution >= 4 is 54.0 Å². The van der Waals surface area contributed by atoms with E-state index in [0.717, 1.165) is 4.47 Å². The number of halogens is 2. The lowest BCUT2D eigenvalue weighted by molar-refractivity contribution is -0.122. The minimum Gasteiger partial charge on any atom is -0.503 e. The number of hydrogen-bond acceptors (Lipinski definition) is 7. The van der Waals surface area contributed by atoms with E-state index in [9.17, 15) is 18.3 Å². The van der Waals surface area contributed by atoms with Gasteiger partial charge in [-0.1, -0.05) is 15.9 Å². The molecule has 0 atom stereocenters. The molecular formula is C20H22Br2N4O5S. The van der Waals surface area contributed by atoms with Crippen LogP contribution in [-0.4, -0.2) is 74.7 Å². The van der Waals surface area contributed by atoms with E-state index in [4.69, 9.17) is 4.74 Å². The smallest absolute Gasteiger partial charge is 0.254 e. The summed E-state index contributed by atoms with van der Waals surface area (Å²) in [7, 11) is -2.12. The summed E-state index contributed by atoms with van der Waals surface area (Å²) in [4.78, 5) is 14.3. The van der Waals surface area contributed by atoms with Crippen LogP contribution in [0.1, 0.15) is 5.56 Å². The highest BCUT2D eigenvalue weighted by atomic mass is 79.9. The predicted octanol–water partition coefficient (Wildman–Crippen LogP) is 2.38. The summed E-state index contributed by atoms with van der Waals surface area (Å²) in [6, 6.07) is 9.75. The molecule has 32 heavy (non-hydrogen) atoms. The number of ether oxygens (including phenoxy) is 1. The van der Waals surface area contributed by atoms with Crippen LogP contribution in [0.4, 0.5) is 0 Å². The monoisotopic (exact) mass is 588 g/mol. The van der Waals surface area contributed by atoms with Crippen LogP contribution in [0.15, 0.2) is 55.3 Å². The van der Waals surface area contributed by atoms with E-state index in [2.05, 4.69) is 42.4 Å². The topological polar surface area (TPSA) is 112 Å². The Morgan fingerprint density at radius 1 is 1.19 bits per heavy atom. The molecule has 0 spiro atoms. The second kappa shape index (κ2) is 10.8. The van der Waals surface area contributed by atoms with Crippen molar-refractivity contribution in [3.05, 3.63) is 50.9 Å². The van der Waals surface area contributed by atoms with Gasteiger partial charge in [-0.2, -0.15) is 9.41 Å². The van der Waals surface area contributed by atoms with E-state index in [1.807, 2.05) is 4.90 Å². The standard InChI is InChI=1S/C20H22Br2N4O5S/c1-31-18-11-14(10-17(22)20(18)28)12-23-24-19(27)13-25-6-8-26(9-7-25)32(29,30)16-4-2-15(21)3-5-16/h2-5,10-12,28H,6-9,13H2,1H3,(H,24,27). The number of phenolic OH excluding ortho intramolecular Hbond substituents is 1. The van der Waals surface area contributed by atoms with Gasteiger partial charge in [0.2, 0.25) is 10.0 Å². The third-order valence-corrected chi connectivity index (χ3v) is 7.87. The number of piperazine rings is 1. The third kappa shape index (κ3) is 6.07. The molecule has 9 nitrogen and oxygen atoms in total. The first-order valence-electron chi connectivity index (χ1n) is 9.57. The van der Waals surface area contributed by atoms with E-state index in [1.54, 1.807) is 36.4 Å². The summed E-state index contributed by atoms with van der Waals surface area (Å²) in [6.07, 6.45) is 1.44. The number of nitrogens with one attached hydrogen (secondary N) is 1. The van der Waals surface area contributed by atoms with E-state index < -0.39 is 10.0 Å². The van der Waals surface area contributed by atoms with Crippen LogP contribution >= 0.6 is 31.9 Å². The van der Waals surface area contributed by atoms with Gasteiger partial charge in [-0.3, -0.25) is 9.69 Å². The van der Waals surface area contributed by atoms with Crippen molar-refractivity contribution in [2.45, 2.75) is 4.90 Å². The number of carbonyl (C=O) groups excluding carboxylic acids is 1. The fraction of sp³-hybridized carbons (Fsp3) is 0.300. The van der Waals surface area contributed by atoms with Gasteiger partial charge < -0.3 is 9.84 Å². The molecule has 0 aliphatic carbocycles. The molecule has 1 fully saturated rings. The molecule has 2 aromatic rings. The lowest BCUT2D eigenvalue weighted by atomic mass is 10.2. The van der Waals surface area contributed by atoms with Gasteiger partial charge in [-0.05, 0) is 57.9 Å². The Kier molecular flexibility index (Phi) is 8.28. The summed E-state index contributed by atoms with van der Waals surface area (Å²) in [5.74, 6) is -0.0478. The van der Waals surface area contributed by atoms with Crippen LogP contribution in [-0.2, 0) is 14.8 Å². The summed E-state index contributed by atoms with van der Waals surface area (Å²) in [5.41, 5.74) is 3.08. The summed E-state index contributed by atoms with van der Waals surface area (Å²) >= 11 is 6.53. The molecule has 0 unspecified atom stereocenters. The lowest BCUT2D eigenvalue weighted by Crippen LogP contribution is -2.50. The molecule has 2 N–H and O–H groups in total. The number of benzene rings is 2. The number of nitrogens with zero attached hydrogens (tertiary/aromatic N) is 3. The second-order valence-corrected chi connectivity index (χ2v) is 10.7. The molecule has 2 aromatic carbocycles. The average molecular weight is 590 g/mol. The highest BCUT2D eigenvalue weighted by molar-refractivity contribution is 9.10. The first-order valence-corrected chi connectivity index (χ1v) is 12.6. The molecule has 0 aromatic heterocycles. The Labute approximate surface area is 203 Å². The number of methoxy groups -OCH3 is 1. The van der Waals surface area contributed by atoms with Crippen molar-refractivity contribution < 1.29 is 23.1 Å². The quantitative estimate of drug-likeness (QED) is 0.379. The van der Waals surface area contributed by atoms with E-state index in [0.29, 0.717) is 36.2 Å². The molecule has 0 radical (unpaired) electrons. The number of carbonyl (C=O) groups is 1. The van der Waals surface area contributed by atoms with Crippen LogP contribution < -0.4 is 10.2 Å². The van der Waals surface area contributed by atoms with Crippen molar-refractivity contribution in [3.63, 3.8) is 0 Å². The summed E-state index contributed by atoms with van der Waals surface area (Å²) in [5, 5.41) is 13.8. The van der Waals surface area contributed by atoms with Gasteiger partial charge in [0, 0.05) is 30.7 Å². The number of hydrazone groups is 1. The normalized spacial score (nSPS) is 15.7. The third-order valence-electron chi connectivity index (χ3n) is 4.82. The largest absolute Gasteiger partial charge is 0.503 e. The molecule has 1 saturated heterocycles. The average Bonchev–Trinajstić information content (AvgIpc) is 2.76. The van der Waals surface area contributed by atoms with Crippen molar-refractivity contribution in [2.75, 3.05) is 39.8 Å². The number of aromatic hydroxyl groups is 1. The van der Waals surface area contributed by atoms with Crippen molar-refractivity contribution in [1.82, 2.24) is 14.6 Å². The fourth-order valence-corrected chi connectivity index (χ4v) is 5.27. The number of rotatable bonds is 7. The number of sulfonamides is 1. The SMILES string of the molecule is COc1cc(C=NNC(=O)CN2CCN(S(=O)(=O)c3ccc(Br)cc3)CC2)cc(Br)c1O. The Hall–Kier alpha value is -1.99. The second-order valence-electron chi connectivity index (χ2n) is 6.98. The maximum Gasteiger partial charge on any atom is 0.254 e. The van der Waals surface area contributed by atoms with Crippen LogP contribution in [0.25, 0.3) is 0 Å². The van der Waals surface area contributed by atoms with Gasteiger partial charge in [-0.25, -0.2) is 13.8 Å².